The molecule has 3 fully saturated rings. The number of piperidine rings is 1. The average Bonchev–Trinajstić information content (AvgIpc) is 3.36. The highest BCUT2D eigenvalue weighted by molar-refractivity contribution is 5.46. The van der Waals surface area contributed by atoms with Crippen LogP contribution in [0.3, 0.4) is 0 Å². The summed E-state index contributed by atoms with van der Waals surface area (Å²) in [7, 11) is 0. The number of nitrogens with zero attached hydrogens (tertiary/aromatic N) is 2. The Morgan fingerprint density at radius 2 is 1.82 bits per heavy atom. The molecule has 3 aliphatic rings. The van der Waals surface area contributed by atoms with Gasteiger partial charge in [0.1, 0.15) is 5.82 Å². The predicted molar refractivity (Wildman–Crippen MR) is 85.7 cm³/mol. The van der Waals surface area contributed by atoms with E-state index in [0.29, 0.717) is 0 Å². The Kier molecular flexibility index (Phi) is 3.82. The number of morpholine rings is 1. The fraction of sp³-hybridized carbons (Fsp3) is 0.667. The molecule has 4 rings (SSSR count). The lowest BCUT2D eigenvalue weighted by Gasteiger charge is -2.51. The molecule has 0 atom stereocenters. The van der Waals surface area contributed by atoms with Gasteiger partial charge in [-0.2, -0.15) is 0 Å². The quantitative estimate of drug-likeness (QED) is 0.854. The van der Waals surface area contributed by atoms with Gasteiger partial charge in [0.05, 0.1) is 13.2 Å². The van der Waals surface area contributed by atoms with Gasteiger partial charge in [-0.05, 0) is 55.9 Å². The average molecular weight is 304 g/mol. The van der Waals surface area contributed by atoms with Crippen LogP contribution in [0.2, 0.25) is 0 Å². The number of benzene rings is 1. The van der Waals surface area contributed by atoms with Crippen molar-refractivity contribution in [2.24, 2.45) is 5.92 Å². The lowest BCUT2D eigenvalue weighted by molar-refractivity contribution is -0.0816. The molecule has 0 radical (unpaired) electrons. The molecule has 1 aliphatic carbocycles. The Balaban J connectivity index is 1.43. The molecular weight excluding hydrogens is 279 g/mol. The third-order valence-corrected chi connectivity index (χ3v) is 5.61. The molecule has 0 N–H and O–H groups in total. The van der Waals surface area contributed by atoms with E-state index in [0.717, 1.165) is 57.3 Å². The molecular formula is C18H25FN2O. The van der Waals surface area contributed by atoms with Gasteiger partial charge >= 0.3 is 0 Å². The summed E-state index contributed by atoms with van der Waals surface area (Å²) in [6.45, 7) is 6.20. The van der Waals surface area contributed by atoms with E-state index in [9.17, 15) is 4.39 Å². The van der Waals surface area contributed by atoms with Crippen molar-refractivity contribution in [2.75, 3.05) is 44.3 Å². The van der Waals surface area contributed by atoms with Crippen molar-refractivity contribution in [3.8, 4) is 0 Å². The maximum absolute atomic E-state index is 13.1. The van der Waals surface area contributed by atoms with Crippen molar-refractivity contribution in [1.82, 2.24) is 4.90 Å². The summed E-state index contributed by atoms with van der Waals surface area (Å²) in [5.41, 5.74) is 1.39. The summed E-state index contributed by atoms with van der Waals surface area (Å²) >= 11 is 0. The topological polar surface area (TPSA) is 15.7 Å². The van der Waals surface area contributed by atoms with Crippen LogP contribution < -0.4 is 4.90 Å². The summed E-state index contributed by atoms with van der Waals surface area (Å²) in [6, 6.07) is 6.91. The molecule has 0 bridgehead atoms. The smallest absolute Gasteiger partial charge is 0.123 e. The summed E-state index contributed by atoms with van der Waals surface area (Å²) < 4.78 is 18.9. The van der Waals surface area contributed by atoms with E-state index in [2.05, 4.69) is 9.80 Å². The van der Waals surface area contributed by atoms with Crippen molar-refractivity contribution in [2.45, 2.75) is 31.2 Å². The lowest BCUT2D eigenvalue weighted by Crippen LogP contribution is -2.62. The molecule has 22 heavy (non-hydrogen) atoms. The maximum atomic E-state index is 13.1. The largest absolute Gasteiger partial charge is 0.378 e. The highest BCUT2D eigenvalue weighted by Gasteiger charge is 2.43. The monoisotopic (exact) mass is 304 g/mol. The van der Waals surface area contributed by atoms with Crippen molar-refractivity contribution in [3.05, 3.63) is 30.1 Å². The SMILES string of the molecule is Fc1ccc(N2CCC3(CC2)COCCN3CC2CC2)cc1. The van der Waals surface area contributed by atoms with Gasteiger partial charge in [-0.25, -0.2) is 4.39 Å². The highest BCUT2D eigenvalue weighted by atomic mass is 19.1. The first-order valence-corrected chi connectivity index (χ1v) is 8.59. The standard InChI is InChI=1S/C18H25FN2O/c19-16-3-5-17(6-4-16)20-9-7-18(8-10-20)14-22-12-11-21(18)13-15-1-2-15/h3-6,15H,1-2,7-14H2. The van der Waals surface area contributed by atoms with Crippen LogP contribution in [0.4, 0.5) is 10.1 Å². The van der Waals surface area contributed by atoms with Crippen molar-refractivity contribution in [3.63, 3.8) is 0 Å². The third-order valence-electron chi connectivity index (χ3n) is 5.61. The second kappa shape index (κ2) is 5.82. The second-order valence-corrected chi connectivity index (χ2v) is 7.13. The molecule has 1 spiro atoms. The zero-order valence-electron chi connectivity index (χ0n) is 13.1. The second-order valence-electron chi connectivity index (χ2n) is 7.13. The number of hydrogen-bond donors (Lipinski definition) is 0. The summed E-state index contributed by atoms with van der Waals surface area (Å²) in [4.78, 5) is 5.10. The Labute approximate surface area is 132 Å². The number of anilines is 1. The summed E-state index contributed by atoms with van der Waals surface area (Å²) in [6.07, 6.45) is 5.12. The first-order chi connectivity index (χ1) is 10.8. The molecule has 0 aromatic heterocycles. The van der Waals surface area contributed by atoms with E-state index in [1.807, 2.05) is 12.1 Å². The summed E-state index contributed by atoms with van der Waals surface area (Å²) in [5, 5.41) is 0. The predicted octanol–water partition coefficient (Wildman–Crippen LogP) is 2.91. The van der Waals surface area contributed by atoms with Crippen LogP contribution in [-0.2, 0) is 4.74 Å². The van der Waals surface area contributed by atoms with E-state index in [4.69, 9.17) is 4.74 Å². The van der Waals surface area contributed by atoms with Crippen LogP contribution in [0, 0.1) is 11.7 Å². The van der Waals surface area contributed by atoms with E-state index in [-0.39, 0.29) is 11.4 Å². The van der Waals surface area contributed by atoms with Gasteiger partial charge in [0.2, 0.25) is 0 Å². The molecule has 120 valence electrons. The fourth-order valence-electron chi connectivity index (χ4n) is 3.96. The van der Waals surface area contributed by atoms with Crippen LogP contribution in [0.1, 0.15) is 25.7 Å². The molecule has 2 heterocycles. The molecule has 3 nitrogen and oxygen atoms in total. The Morgan fingerprint density at radius 3 is 2.50 bits per heavy atom. The number of rotatable bonds is 3. The van der Waals surface area contributed by atoms with E-state index >= 15 is 0 Å². The van der Waals surface area contributed by atoms with Crippen molar-refractivity contribution in [1.29, 1.82) is 0 Å². The number of ether oxygens (including phenoxy) is 1. The van der Waals surface area contributed by atoms with Crippen LogP contribution in [0.15, 0.2) is 24.3 Å². The maximum Gasteiger partial charge on any atom is 0.123 e. The van der Waals surface area contributed by atoms with Gasteiger partial charge in [-0.15, -0.1) is 0 Å². The van der Waals surface area contributed by atoms with Gasteiger partial charge in [-0.1, -0.05) is 0 Å². The molecule has 1 aromatic rings. The Morgan fingerprint density at radius 1 is 1.09 bits per heavy atom. The fourth-order valence-corrected chi connectivity index (χ4v) is 3.96. The molecule has 0 unspecified atom stereocenters. The molecule has 1 aromatic carbocycles. The normalized spacial score (nSPS) is 25.6. The first-order valence-electron chi connectivity index (χ1n) is 8.59. The zero-order chi connectivity index (χ0) is 15.0. The van der Waals surface area contributed by atoms with Crippen LogP contribution in [0.25, 0.3) is 0 Å². The van der Waals surface area contributed by atoms with E-state index < -0.39 is 0 Å². The Hall–Kier alpha value is -1.13. The number of halogens is 1. The van der Waals surface area contributed by atoms with Crippen molar-refractivity contribution < 1.29 is 9.13 Å². The van der Waals surface area contributed by atoms with Crippen molar-refractivity contribution >= 4 is 5.69 Å². The minimum atomic E-state index is -0.159. The third kappa shape index (κ3) is 2.86. The van der Waals surface area contributed by atoms with E-state index in [1.54, 1.807) is 12.1 Å². The van der Waals surface area contributed by atoms with Gasteiger partial charge in [0, 0.05) is 37.4 Å². The minimum absolute atomic E-state index is 0.159. The van der Waals surface area contributed by atoms with Gasteiger partial charge in [0.25, 0.3) is 0 Å². The Bertz CT molecular complexity index is 506. The molecule has 4 heteroatoms. The molecule has 2 saturated heterocycles. The molecule has 0 amide bonds. The van der Waals surface area contributed by atoms with Crippen LogP contribution >= 0.6 is 0 Å². The first kappa shape index (κ1) is 14.5. The zero-order valence-corrected chi connectivity index (χ0v) is 13.1. The highest BCUT2D eigenvalue weighted by Crippen LogP contribution is 2.38. The molecule has 1 saturated carbocycles. The van der Waals surface area contributed by atoms with Gasteiger partial charge in [-0.3, -0.25) is 4.90 Å². The van der Waals surface area contributed by atoms with E-state index in [1.165, 1.54) is 19.4 Å². The summed E-state index contributed by atoms with van der Waals surface area (Å²) in [5.74, 6) is 0.777. The lowest BCUT2D eigenvalue weighted by atomic mass is 9.85. The number of hydrogen-bond acceptors (Lipinski definition) is 3. The van der Waals surface area contributed by atoms with Gasteiger partial charge in [0.15, 0.2) is 0 Å². The van der Waals surface area contributed by atoms with Gasteiger partial charge < -0.3 is 9.64 Å². The minimum Gasteiger partial charge on any atom is -0.378 e. The van der Waals surface area contributed by atoms with Crippen LogP contribution in [0.5, 0.6) is 0 Å². The molecule has 2 aliphatic heterocycles. The van der Waals surface area contributed by atoms with Crippen LogP contribution in [-0.4, -0.2) is 49.8 Å².